The molecule has 0 aliphatic carbocycles. The number of benzene rings is 3. The third-order valence-corrected chi connectivity index (χ3v) is 8.65. The Labute approximate surface area is 272 Å². The number of carbonyl (C=O) groups is 2. The van der Waals surface area contributed by atoms with Gasteiger partial charge in [-0.15, -0.1) is 0 Å². The molecule has 0 aromatic heterocycles. The highest BCUT2D eigenvalue weighted by Gasteiger charge is 2.33. The van der Waals surface area contributed by atoms with Gasteiger partial charge < -0.3 is 10.2 Å². The summed E-state index contributed by atoms with van der Waals surface area (Å²) in [5.41, 5.74) is -0.344. The molecule has 0 aliphatic rings. The summed E-state index contributed by atoms with van der Waals surface area (Å²) in [6.07, 6.45) is -3.81. The fourth-order valence-corrected chi connectivity index (χ4v) is 5.96. The summed E-state index contributed by atoms with van der Waals surface area (Å²) in [5, 5.41) is 3.54. The van der Waals surface area contributed by atoms with Gasteiger partial charge in [0.05, 0.1) is 27.6 Å². The van der Waals surface area contributed by atoms with Gasteiger partial charge in [0.1, 0.15) is 6.04 Å². The molecule has 244 valence electrons. The van der Waals surface area contributed by atoms with E-state index in [2.05, 4.69) is 5.32 Å². The minimum atomic E-state index is -4.67. The van der Waals surface area contributed by atoms with Crippen LogP contribution >= 0.6 is 23.2 Å². The number of rotatable bonds is 12. The number of nitrogens with one attached hydrogen (secondary N) is 1. The highest BCUT2D eigenvalue weighted by atomic mass is 35.5. The summed E-state index contributed by atoms with van der Waals surface area (Å²) >= 11 is 12.3. The molecule has 0 bridgehead atoms. The molecule has 0 aliphatic heterocycles. The van der Waals surface area contributed by atoms with Crippen LogP contribution < -0.4 is 9.62 Å². The summed E-state index contributed by atoms with van der Waals surface area (Å²) in [7, 11) is -4.00. The fourth-order valence-electron chi connectivity index (χ4n) is 4.68. The Bertz CT molecular complexity index is 1600. The molecule has 1 atom stereocenters. The number of carbonyl (C=O) groups excluding carboxylic acids is 2. The van der Waals surface area contributed by atoms with Crippen molar-refractivity contribution >= 4 is 50.7 Å². The highest BCUT2D eigenvalue weighted by molar-refractivity contribution is 7.92. The summed E-state index contributed by atoms with van der Waals surface area (Å²) in [6.45, 7) is 5.20. The molecule has 0 saturated heterocycles. The van der Waals surface area contributed by atoms with Gasteiger partial charge in [0, 0.05) is 31.5 Å². The van der Waals surface area contributed by atoms with Crippen LogP contribution in [0.1, 0.15) is 50.3 Å². The van der Waals surface area contributed by atoms with E-state index in [0.29, 0.717) is 10.6 Å². The molecule has 13 heteroatoms. The first-order chi connectivity index (χ1) is 20.8. The Morgan fingerprint density at radius 1 is 0.889 bits per heavy atom. The second-order valence-electron chi connectivity index (χ2n) is 11.7. The van der Waals surface area contributed by atoms with Crippen molar-refractivity contribution in [1.82, 2.24) is 10.2 Å². The lowest BCUT2D eigenvalue weighted by molar-refractivity contribution is -0.142. The molecule has 2 amide bonds. The molecule has 3 rings (SSSR count). The number of hydrogen-bond donors (Lipinski definition) is 1. The van der Waals surface area contributed by atoms with Gasteiger partial charge >= 0.3 is 6.18 Å². The van der Waals surface area contributed by atoms with Crippen molar-refractivity contribution in [2.45, 2.75) is 64.3 Å². The van der Waals surface area contributed by atoms with Crippen LogP contribution in [0.3, 0.4) is 0 Å². The van der Waals surface area contributed by atoms with Gasteiger partial charge in [-0.25, -0.2) is 8.42 Å². The van der Waals surface area contributed by atoms with Gasteiger partial charge in [-0.05, 0) is 68.7 Å². The Kier molecular flexibility index (Phi) is 12.0. The normalized spacial score (nSPS) is 12.8. The molecule has 0 unspecified atom stereocenters. The second-order valence-corrected chi connectivity index (χ2v) is 14.4. The maximum Gasteiger partial charge on any atom is 0.416 e. The average Bonchev–Trinajstić information content (AvgIpc) is 2.93. The molecule has 7 nitrogen and oxygen atoms in total. The van der Waals surface area contributed by atoms with Crippen LogP contribution in [-0.4, -0.2) is 49.5 Å². The van der Waals surface area contributed by atoms with Gasteiger partial charge in [0.2, 0.25) is 21.8 Å². The van der Waals surface area contributed by atoms with Crippen LogP contribution in [0.2, 0.25) is 10.0 Å². The standard InChI is InChI=1S/C32H36Cl2F3N3O4S/c1-31(2,3)38-30(42)28(19-22-10-6-5-7-11-22)39(21-23-15-16-26(33)27(34)18-23)29(41)14-9-17-40(45(4,43)44)25-13-8-12-24(20-25)32(35,36)37/h5-8,10-13,15-16,18,20,28H,9,14,17,19,21H2,1-4H3,(H,38,42)/t28-/m0/s1. The molecule has 0 heterocycles. The number of amides is 2. The van der Waals surface area contributed by atoms with Crippen LogP contribution in [0.15, 0.2) is 72.8 Å². The van der Waals surface area contributed by atoms with Gasteiger partial charge in [0.15, 0.2) is 0 Å². The monoisotopic (exact) mass is 685 g/mol. The smallest absolute Gasteiger partial charge is 0.350 e. The fraction of sp³-hybridized carbons (Fsp3) is 0.375. The molecule has 0 radical (unpaired) electrons. The number of nitrogens with zero attached hydrogens (tertiary/aromatic N) is 2. The van der Waals surface area contributed by atoms with Crippen molar-refractivity contribution in [3.63, 3.8) is 0 Å². The lowest BCUT2D eigenvalue weighted by atomic mass is 10.00. The maximum atomic E-state index is 13.9. The van der Waals surface area contributed by atoms with Crippen LogP contribution in [0, 0.1) is 0 Å². The van der Waals surface area contributed by atoms with E-state index >= 15 is 0 Å². The number of anilines is 1. The lowest BCUT2D eigenvalue weighted by Gasteiger charge is -2.34. The van der Waals surface area contributed by atoms with E-state index < -0.39 is 39.3 Å². The number of halogens is 5. The van der Waals surface area contributed by atoms with Crippen LogP contribution in [0.4, 0.5) is 18.9 Å². The predicted molar refractivity (Wildman–Crippen MR) is 172 cm³/mol. The first kappa shape index (κ1) is 36.2. The lowest BCUT2D eigenvalue weighted by Crippen LogP contribution is -2.54. The third kappa shape index (κ3) is 10.9. The number of sulfonamides is 1. The van der Waals surface area contributed by atoms with Crippen molar-refractivity contribution in [3.8, 4) is 0 Å². The number of hydrogen-bond acceptors (Lipinski definition) is 4. The zero-order chi connectivity index (χ0) is 33.6. The number of alkyl halides is 3. The molecule has 0 spiro atoms. The molecular weight excluding hydrogens is 650 g/mol. The molecule has 45 heavy (non-hydrogen) atoms. The van der Waals surface area contributed by atoms with Crippen LogP contribution in [0.5, 0.6) is 0 Å². The van der Waals surface area contributed by atoms with Crippen molar-refractivity contribution in [1.29, 1.82) is 0 Å². The second kappa shape index (κ2) is 14.9. The Morgan fingerprint density at radius 3 is 2.13 bits per heavy atom. The predicted octanol–water partition coefficient (Wildman–Crippen LogP) is 7.11. The zero-order valence-corrected chi connectivity index (χ0v) is 27.7. The summed E-state index contributed by atoms with van der Waals surface area (Å²) < 4.78 is 66.1. The Balaban J connectivity index is 1.94. The zero-order valence-electron chi connectivity index (χ0n) is 25.4. The largest absolute Gasteiger partial charge is 0.416 e. The molecular formula is C32H36Cl2F3N3O4S. The van der Waals surface area contributed by atoms with Gasteiger partial charge in [-0.1, -0.05) is 65.7 Å². The Morgan fingerprint density at radius 2 is 1.56 bits per heavy atom. The summed E-state index contributed by atoms with van der Waals surface area (Å²) in [4.78, 5) is 29.0. The molecule has 1 N–H and O–H groups in total. The minimum absolute atomic E-state index is 0.00575. The van der Waals surface area contributed by atoms with E-state index in [9.17, 15) is 31.2 Å². The van der Waals surface area contributed by atoms with E-state index in [1.54, 1.807) is 18.2 Å². The van der Waals surface area contributed by atoms with E-state index in [1.807, 2.05) is 51.1 Å². The van der Waals surface area contributed by atoms with Crippen LogP contribution in [0.25, 0.3) is 0 Å². The first-order valence-corrected chi connectivity index (χ1v) is 16.7. The minimum Gasteiger partial charge on any atom is -0.350 e. The van der Waals surface area contributed by atoms with E-state index in [4.69, 9.17) is 23.2 Å². The SMILES string of the molecule is CC(C)(C)NC(=O)[C@H](Cc1ccccc1)N(Cc1ccc(Cl)c(Cl)c1)C(=O)CCCN(c1cccc(C(F)(F)F)c1)S(C)(=O)=O. The van der Waals surface area contributed by atoms with Crippen molar-refractivity contribution in [3.05, 3.63) is 99.5 Å². The summed E-state index contributed by atoms with van der Waals surface area (Å²) in [5.74, 6) is -0.843. The molecule has 3 aromatic rings. The quantitative estimate of drug-likeness (QED) is 0.220. The topological polar surface area (TPSA) is 86.8 Å². The Hall–Kier alpha value is -3.28. The van der Waals surface area contributed by atoms with E-state index in [0.717, 1.165) is 34.3 Å². The molecule has 3 aromatic carbocycles. The third-order valence-electron chi connectivity index (χ3n) is 6.72. The van der Waals surface area contributed by atoms with Crippen molar-refractivity contribution in [2.75, 3.05) is 17.1 Å². The van der Waals surface area contributed by atoms with Gasteiger partial charge in [-0.3, -0.25) is 13.9 Å². The van der Waals surface area contributed by atoms with Crippen LogP contribution in [-0.2, 0) is 38.8 Å². The van der Waals surface area contributed by atoms with Gasteiger partial charge in [0.25, 0.3) is 0 Å². The van der Waals surface area contributed by atoms with Crippen molar-refractivity contribution in [2.24, 2.45) is 0 Å². The van der Waals surface area contributed by atoms with Gasteiger partial charge in [-0.2, -0.15) is 13.2 Å². The molecule has 0 fully saturated rings. The van der Waals surface area contributed by atoms with E-state index in [1.165, 1.54) is 11.0 Å². The van der Waals surface area contributed by atoms with E-state index in [-0.39, 0.29) is 49.0 Å². The van der Waals surface area contributed by atoms with Crippen molar-refractivity contribution < 1.29 is 31.2 Å². The summed E-state index contributed by atoms with van der Waals surface area (Å²) in [6, 6.07) is 17.1. The maximum absolute atomic E-state index is 13.9. The first-order valence-electron chi connectivity index (χ1n) is 14.1. The molecule has 0 saturated carbocycles. The average molecular weight is 687 g/mol. The highest BCUT2D eigenvalue weighted by Crippen LogP contribution is 2.32.